The van der Waals surface area contributed by atoms with E-state index in [1.54, 1.807) is 20.8 Å². The Balaban J connectivity index is 2.96. The van der Waals surface area contributed by atoms with E-state index in [1.165, 1.54) is 31.2 Å². The lowest BCUT2D eigenvalue weighted by atomic mass is 10.0. The molecule has 0 unspecified atom stereocenters. The normalized spacial score (nSPS) is 13.5. The van der Waals surface area contributed by atoms with Crippen LogP contribution < -0.4 is 20.5 Å². The van der Waals surface area contributed by atoms with Crippen molar-refractivity contribution in [3.63, 3.8) is 0 Å². The van der Waals surface area contributed by atoms with Gasteiger partial charge in [-0.2, -0.15) is 0 Å². The highest BCUT2D eigenvalue weighted by molar-refractivity contribution is 7.46. The third kappa shape index (κ3) is 14.3. The predicted octanol–water partition coefficient (Wildman–Crippen LogP) is 3.06. The fourth-order valence-corrected chi connectivity index (χ4v) is 4.78. The van der Waals surface area contributed by atoms with Crippen LogP contribution in [0.5, 0.6) is 5.75 Å². The third-order valence-electron chi connectivity index (χ3n) is 6.63. The fraction of sp³-hybridized carbons (Fsp3) is 0.655. The standard InChI is InChI=1S/C29H49N4O8P/c1-7-9-11-17-33(18-12-10-8-2)29(37)21(5)30-28(36)26(20(3)4)32-27(35)25(31-22(6)34)19-23-13-15-24(16-14-23)41-42(38,39)40/h13-16,20-21,25-26H,7-12,17-19H2,1-6H3,(H,30,36)(H,31,34)(H,32,35)(H2,38,39,40)/t21-,25-,26+/m0/s1. The molecule has 5 N–H and O–H groups in total. The summed E-state index contributed by atoms with van der Waals surface area (Å²) in [4.78, 5) is 71.4. The quantitative estimate of drug-likeness (QED) is 0.117. The first-order valence-corrected chi connectivity index (χ1v) is 16.2. The summed E-state index contributed by atoms with van der Waals surface area (Å²) in [7, 11) is -4.72. The summed E-state index contributed by atoms with van der Waals surface area (Å²) in [6, 6.07) is 2.94. The van der Waals surface area contributed by atoms with Crippen molar-refractivity contribution in [3.8, 4) is 5.75 Å². The van der Waals surface area contributed by atoms with E-state index in [-0.39, 0.29) is 24.0 Å². The summed E-state index contributed by atoms with van der Waals surface area (Å²) in [5, 5.41) is 8.08. The number of hydrogen-bond donors (Lipinski definition) is 5. The number of nitrogens with one attached hydrogen (secondary N) is 3. The van der Waals surface area contributed by atoms with Gasteiger partial charge in [0.2, 0.25) is 23.6 Å². The smallest absolute Gasteiger partial charge is 0.404 e. The van der Waals surface area contributed by atoms with Gasteiger partial charge >= 0.3 is 7.82 Å². The van der Waals surface area contributed by atoms with Gasteiger partial charge in [0.05, 0.1) is 0 Å². The molecule has 0 heterocycles. The number of rotatable bonds is 19. The van der Waals surface area contributed by atoms with E-state index in [0.717, 1.165) is 38.5 Å². The summed E-state index contributed by atoms with van der Waals surface area (Å²) in [6.07, 6.45) is 5.94. The van der Waals surface area contributed by atoms with Crippen molar-refractivity contribution in [2.24, 2.45) is 5.92 Å². The summed E-state index contributed by atoms with van der Waals surface area (Å²) in [5.74, 6) is -2.07. The molecule has 0 saturated heterocycles. The van der Waals surface area contributed by atoms with Crippen LogP contribution in [0.4, 0.5) is 0 Å². The molecule has 0 fully saturated rings. The van der Waals surface area contributed by atoms with Crippen molar-refractivity contribution < 1.29 is 38.1 Å². The number of phosphoric ester groups is 1. The van der Waals surface area contributed by atoms with Gasteiger partial charge in [0, 0.05) is 26.4 Å². The minimum atomic E-state index is -4.72. The second-order valence-electron chi connectivity index (χ2n) is 10.9. The van der Waals surface area contributed by atoms with Crippen LogP contribution >= 0.6 is 7.82 Å². The number of carbonyl (C=O) groups is 4. The molecule has 0 saturated carbocycles. The molecule has 238 valence electrons. The average Bonchev–Trinajstić information content (AvgIpc) is 2.89. The van der Waals surface area contributed by atoms with Crippen LogP contribution in [-0.2, 0) is 30.2 Å². The Morgan fingerprint density at radius 1 is 0.857 bits per heavy atom. The Morgan fingerprint density at radius 3 is 1.86 bits per heavy atom. The maximum atomic E-state index is 13.3. The Bertz CT molecular complexity index is 1050. The van der Waals surface area contributed by atoms with Crippen LogP contribution in [0.1, 0.15) is 85.6 Å². The maximum absolute atomic E-state index is 13.3. The average molecular weight is 613 g/mol. The summed E-state index contributed by atoms with van der Waals surface area (Å²) in [5.41, 5.74) is 0.581. The van der Waals surface area contributed by atoms with Crippen molar-refractivity contribution >= 4 is 31.5 Å². The van der Waals surface area contributed by atoms with Crippen LogP contribution in [0.2, 0.25) is 0 Å². The van der Waals surface area contributed by atoms with Gasteiger partial charge < -0.3 is 25.4 Å². The SMILES string of the molecule is CCCCCN(CCCCC)C(=O)[C@H](C)NC(=O)[C@H](NC(=O)[C@H](Cc1ccc(OP(=O)(O)O)cc1)NC(C)=O)C(C)C. The first-order chi connectivity index (χ1) is 19.7. The Morgan fingerprint density at radius 2 is 1.40 bits per heavy atom. The molecule has 42 heavy (non-hydrogen) atoms. The Kier molecular flexibility index (Phi) is 16.4. The van der Waals surface area contributed by atoms with E-state index < -0.39 is 43.7 Å². The lowest BCUT2D eigenvalue weighted by Gasteiger charge is -2.29. The largest absolute Gasteiger partial charge is 0.524 e. The van der Waals surface area contributed by atoms with Gasteiger partial charge in [-0.3, -0.25) is 29.0 Å². The molecule has 1 rings (SSSR count). The predicted molar refractivity (Wildman–Crippen MR) is 160 cm³/mol. The second kappa shape index (κ2) is 18.6. The lowest BCUT2D eigenvalue weighted by Crippen LogP contribution is -2.58. The van der Waals surface area contributed by atoms with Gasteiger partial charge in [-0.05, 0) is 43.4 Å². The molecule has 13 heteroatoms. The third-order valence-corrected chi connectivity index (χ3v) is 7.08. The highest BCUT2D eigenvalue weighted by atomic mass is 31.2. The zero-order valence-electron chi connectivity index (χ0n) is 25.7. The van der Waals surface area contributed by atoms with Crippen molar-refractivity contribution in [3.05, 3.63) is 29.8 Å². The van der Waals surface area contributed by atoms with Gasteiger partial charge in [-0.1, -0.05) is 65.5 Å². The van der Waals surface area contributed by atoms with Gasteiger partial charge in [-0.25, -0.2) is 4.57 Å². The topological polar surface area (TPSA) is 174 Å². The minimum Gasteiger partial charge on any atom is -0.404 e. The van der Waals surface area contributed by atoms with Crippen LogP contribution in [-0.4, -0.2) is 69.5 Å². The zero-order chi connectivity index (χ0) is 31.9. The molecule has 0 spiro atoms. The Labute approximate surface area is 249 Å². The van der Waals surface area contributed by atoms with Gasteiger partial charge in [0.25, 0.3) is 0 Å². The molecule has 1 aromatic carbocycles. The van der Waals surface area contributed by atoms with E-state index in [2.05, 4.69) is 34.3 Å². The molecule has 0 aliphatic rings. The molecule has 0 aliphatic heterocycles. The van der Waals surface area contributed by atoms with Crippen molar-refractivity contribution in [2.75, 3.05) is 13.1 Å². The lowest BCUT2D eigenvalue weighted by molar-refractivity contribution is -0.137. The minimum absolute atomic E-state index is 0.0490. The van der Waals surface area contributed by atoms with E-state index in [0.29, 0.717) is 18.7 Å². The van der Waals surface area contributed by atoms with E-state index in [9.17, 15) is 23.7 Å². The van der Waals surface area contributed by atoms with Crippen molar-refractivity contribution in [2.45, 2.75) is 105 Å². The second-order valence-corrected chi connectivity index (χ2v) is 12.0. The molecular weight excluding hydrogens is 563 g/mol. The van der Waals surface area contributed by atoms with Gasteiger partial charge in [-0.15, -0.1) is 0 Å². The van der Waals surface area contributed by atoms with Crippen molar-refractivity contribution in [1.29, 1.82) is 0 Å². The monoisotopic (exact) mass is 612 g/mol. The molecule has 1 aromatic rings. The number of carbonyl (C=O) groups excluding carboxylic acids is 4. The van der Waals surface area contributed by atoms with Crippen LogP contribution in [0, 0.1) is 5.92 Å². The first-order valence-electron chi connectivity index (χ1n) is 14.7. The molecular formula is C29H49N4O8P. The van der Waals surface area contributed by atoms with Gasteiger partial charge in [0.15, 0.2) is 0 Å². The van der Waals surface area contributed by atoms with Gasteiger partial charge in [0.1, 0.15) is 23.9 Å². The van der Waals surface area contributed by atoms with E-state index >= 15 is 0 Å². The zero-order valence-corrected chi connectivity index (χ0v) is 26.6. The summed E-state index contributed by atoms with van der Waals surface area (Å²) in [6.45, 7) is 11.9. The van der Waals surface area contributed by atoms with Crippen LogP contribution in [0.25, 0.3) is 0 Å². The molecule has 0 aromatic heterocycles. The van der Waals surface area contributed by atoms with Crippen LogP contribution in [0.15, 0.2) is 24.3 Å². The molecule has 12 nitrogen and oxygen atoms in total. The summed E-state index contributed by atoms with van der Waals surface area (Å²) < 4.78 is 15.6. The molecule has 0 radical (unpaired) electrons. The number of benzene rings is 1. The fourth-order valence-electron chi connectivity index (χ4n) is 4.38. The Hall–Kier alpha value is -2.95. The number of phosphoric acid groups is 1. The number of nitrogens with zero attached hydrogens (tertiary/aromatic N) is 1. The molecule has 3 atom stereocenters. The molecule has 4 amide bonds. The number of amides is 4. The molecule has 0 aliphatic carbocycles. The van der Waals surface area contributed by atoms with E-state index in [4.69, 9.17) is 9.79 Å². The molecule has 0 bridgehead atoms. The summed E-state index contributed by atoms with van der Waals surface area (Å²) >= 11 is 0. The van der Waals surface area contributed by atoms with Crippen molar-refractivity contribution in [1.82, 2.24) is 20.9 Å². The first kappa shape index (κ1) is 37.1. The highest BCUT2D eigenvalue weighted by Gasteiger charge is 2.31. The highest BCUT2D eigenvalue weighted by Crippen LogP contribution is 2.37. The number of hydrogen-bond acceptors (Lipinski definition) is 6. The maximum Gasteiger partial charge on any atom is 0.524 e. The van der Waals surface area contributed by atoms with Crippen LogP contribution in [0.3, 0.4) is 0 Å². The number of unbranched alkanes of at least 4 members (excludes halogenated alkanes) is 4. The van der Waals surface area contributed by atoms with E-state index in [1.807, 2.05) is 4.90 Å².